The van der Waals surface area contributed by atoms with E-state index in [1.165, 1.54) is 5.01 Å². The monoisotopic (exact) mass is 260 g/mol. The summed E-state index contributed by atoms with van der Waals surface area (Å²) in [7, 11) is 2.02. The topological polar surface area (TPSA) is 24.9 Å². The zero-order chi connectivity index (χ0) is 12.8. The Hall–Kier alpha value is -1.19. The third-order valence-electron chi connectivity index (χ3n) is 3.40. The van der Waals surface area contributed by atoms with Crippen LogP contribution in [0.2, 0.25) is 0 Å². The molecule has 0 aliphatic heterocycles. The van der Waals surface area contributed by atoms with Gasteiger partial charge in [-0.3, -0.25) is 0 Å². The molecular weight excluding hydrogens is 240 g/mol. The minimum Gasteiger partial charge on any atom is -0.317 e. The van der Waals surface area contributed by atoms with E-state index >= 15 is 0 Å². The Bertz CT molecular complexity index is 415. The Morgan fingerprint density at radius 2 is 2.00 bits per heavy atom. The second kappa shape index (κ2) is 6.66. The predicted molar refractivity (Wildman–Crippen MR) is 78.9 cm³/mol. The van der Waals surface area contributed by atoms with Gasteiger partial charge < -0.3 is 5.32 Å². The first-order valence-corrected chi connectivity index (χ1v) is 7.27. The normalized spacial score (nSPS) is 18.8. The van der Waals surface area contributed by atoms with Crippen molar-refractivity contribution in [3.8, 4) is 0 Å². The lowest BCUT2D eigenvalue weighted by Gasteiger charge is -2.24. The first kappa shape index (κ1) is 13.2. The minimum absolute atomic E-state index is 0.439. The lowest BCUT2D eigenvalue weighted by molar-refractivity contribution is 0.444. The quantitative estimate of drug-likeness (QED) is 0.876. The zero-order valence-corrected chi connectivity index (χ0v) is 11.7. The summed E-state index contributed by atoms with van der Waals surface area (Å²) in [5.41, 5.74) is 0. The van der Waals surface area contributed by atoms with Gasteiger partial charge >= 0.3 is 0 Å². The van der Waals surface area contributed by atoms with Crippen LogP contribution in [-0.2, 0) is 0 Å². The average molecular weight is 260 g/mol. The van der Waals surface area contributed by atoms with Crippen molar-refractivity contribution < 1.29 is 0 Å². The molecule has 0 bridgehead atoms. The Balaban J connectivity index is 2.10. The van der Waals surface area contributed by atoms with E-state index in [1.54, 1.807) is 11.3 Å². The molecule has 2 rings (SSSR count). The maximum atomic E-state index is 4.49. The van der Waals surface area contributed by atoms with E-state index in [0.717, 1.165) is 6.42 Å². The first-order chi connectivity index (χ1) is 8.81. The van der Waals surface area contributed by atoms with E-state index in [4.69, 9.17) is 0 Å². The van der Waals surface area contributed by atoms with Gasteiger partial charge in [0.2, 0.25) is 0 Å². The molecule has 1 aromatic heterocycles. The summed E-state index contributed by atoms with van der Waals surface area (Å²) in [5, 5.41) is 6.65. The molecule has 1 aromatic rings. The van der Waals surface area contributed by atoms with E-state index < -0.39 is 0 Å². The highest BCUT2D eigenvalue weighted by atomic mass is 32.1. The number of nitrogens with one attached hydrogen (secondary N) is 1. The smallest absolute Gasteiger partial charge is 0.0971 e. The van der Waals surface area contributed by atoms with Crippen LogP contribution in [0.4, 0.5) is 0 Å². The Labute approximate surface area is 113 Å². The Morgan fingerprint density at radius 3 is 2.56 bits per heavy atom. The SMILES string of the molecule is CNC(C)C(CC1C=CC=CC=C1)c1nccs1. The van der Waals surface area contributed by atoms with Crippen LogP contribution in [0.1, 0.15) is 24.3 Å². The summed E-state index contributed by atoms with van der Waals surface area (Å²) in [6.45, 7) is 2.23. The van der Waals surface area contributed by atoms with Gasteiger partial charge in [-0.1, -0.05) is 36.5 Å². The van der Waals surface area contributed by atoms with Crippen LogP contribution in [-0.4, -0.2) is 18.1 Å². The maximum Gasteiger partial charge on any atom is 0.0971 e. The van der Waals surface area contributed by atoms with Crippen molar-refractivity contribution in [3.05, 3.63) is 53.0 Å². The number of hydrogen-bond donors (Lipinski definition) is 1. The lowest BCUT2D eigenvalue weighted by atomic mass is 9.89. The minimum atomic E-state index is 0.439. The van der Waals surface area contributed by atoms with Gasteiger partial charge in [0, 0.05) is 23.5 Å². The van der Waals surface area contributed by atoms with Crippen LogP contribution >= 0.6 is 11.3 Å². The van der Waals surface area contributed by atoms with Gasteiger partial charge in [-0.25, -0.2) is 4.98 Å². The molecule has 0 amide bonds. The van der Waals surface area contributed by atoms with Gasteiger partial charge in [0.25, 0.3) is 0 Å². The van der Waals surface area contributed by atoms with Crippen LogP contribution in [0.5, 0.6) is 0 Å². The fourth-order valence-electron chi connectivity index (χ4n) is 2.19. The molecule has 2 nitrogen and oxygen atoms in total. The molecule has 0 aromatic carbocycles. The standard InChI is InChI=1S/C15H20N2S/c1-12(16-2)14(15-17-9-10-18-15)11-13-7-5-3-4-6-8-13/h3-10,12-14,16H,11H2,1-2H3. The number of hydrogen-bond acceptors (Lipinski definition) is 3. The molecule has 1 aliphatic rings. The molecule has 0 saturated carbocycles. The number of nitrogens with zero attached hydrogens (tertiary/aromatic N) is 1. The van der Waals surface area contributed by atoms with E-state index in [1.807, 2.05) is 13.2 Å². The van der Waals surface area contributed by atoms with Gasteiger partial charge in [0.05, 0.1) is 5.01 Å². The third-order valence-corrected chi connectivity index (χ3v) is 4.31. The second-order valence-electron chi connectivity index (χ2n) is 4.61. The summed E-state index contributed by atoms with van der Waals surface area (Å²) < 4.78 is 0. The highest BCUT2D eigenvalue weighted by Crippen LogP contribution is 2.30. The van der Waals surface area contributed by atoms with E-state index in [0.29, 0.717) is 17.9 Å². The molecule has 1 N–H and O–H groups in total. The molecule has 1 aliphatic carbocycles. The van der Waals surface area contributed by atoms with Crippen molar-refractivity contribution in [2.24, 2.45) is 5.92 Å². The van der Waals surface area contributed by atoms with Crippen LogP contribution in [0.25, 0.3) is 0 Å². The molecule has 2 unspecified atom stereocenters. The van der Waals surface area contributed by atoms with Crippen molar-refractivity contribution >= 4 is 11.3 Å². The van der Waals surface area contributed by atoms with Gasteiger partial charge in [0.1, 0.15) is 0 Å². The predicted octanol–water partition coefficient (Wildman–Crippen LogP) is 3.52. The summed E-state index contributed by atoms with van der Waals surface area (Å²) in [6.07, 6.45) is 16.0. The van der Waals surface area contributed by atoms with Crippen molar-refractivity contribution in [3.63, 3.8) is 0 Å². The first-order valence-electron chi connectivity index (χ1n) is 6.39. The summed E-state index contributed by atoms with van der Waals surface area (Å²) in [6, 6.07) is 0.439. The van der Waals surface area contributed by atoms with Gasteiger partial charge in [-0.15, -0.1) is 11.3 Å². The number of rotatable bonds is 5. The highest BCUT2D eigenvalue weighted by Gasteiger charge is 2.22. The molecule has 96 valence electrons. The molecule has 18 heavy (non-hydrogen) atoms. The van der Waals surface area contributed by atoms with Gasteiger partial charge in [-0.2, -0.15) is 0 Å². The molecule has 0 radical (unpaired) electrons. The van der Waals surface area contributed by atoms with Crippen LogP contribution in [0.15, 0.2) is 48.0 Å². The molecule has 0 fully saturated rings. The van der Waals surface area contributed by atoms with Crippen LogP contribution in [0.3, 0.4) is 0 Å². The molecule has 0 spiro atoms. The van der Waals surface area contributed by atoms with Gasteiger partial charge in [-0.05, 0) is 26.3 Å². The molecule has 3 heteroatoms. The van der Waals surface area contributed by atoms with Crippen molar-refractivity contribution in [1.29, 1.82) is 0 Å². The highest BCUT2D eigenvalue weighted by molar-refractivity contribution is 7.09. The Morgan fingerprint density at radius 1 is 1.28 bits per heavy atom. The summed E-state index contributed by atoms with van der Waals surface area (Å²) in [5.74, 6) is 0.956. The lowest BCUT2D eigenvalue weighted by Crippen LogP contribution is -2.30. The average Bonchev–Trinajstić information content (AvgIpc) is 2.79. The molecular formula is C15H20N2S. The number of allylic oxidation sites excluding steroid dienone is 6. The fraction of sp³-hybridized carbons (Fsp3) is 0.400. The van der Waals surface area contributed by atoms with Crippen molar-refractivity contribution in [1.82, 2.24) is 10.3 Å². The van der Waals surface area contributed by atoms with E-state index in [9.17, 15) is 0 Å². The third kappa shape index (κ3) is 3.40. The van der Waals surface area contributed by atoms with Gasteiger partial charge in [0.15, 0.2) is 0 Å². The second-order valence-corrected chi connectivity index (χ2v) is 5.53. The van der Waals surface area contributed by atoms with E-state index in [2.05, 4.69) is 59.1 Å². The van der Waals surface area contributed by atoms with Crippen molar-refractivity contribution in [2.45, 2.75) is 25.3 Å². The molecule has 2 atom stereocenters. The van der Waals surface area contributed by atoms with Crippen molar-refractivity contribution in [2.75, 3.05) is 7.05 Å². The molecule has 0 saturated heterocycles. The summed E-state index contributed by atoms with van der Waals surface area (Å²) >= 11 is 1.75. The number of aromatic nitrogens is 1. The fourth-order valence-corrected chi connectivity index (χ4v) is 3.05. The number of likely N-dealkylation sites (N-methyl/N-ethyl adjacent to an activating group) is 1. The largest absolute Gasteiger partial charge is 0.317 e. The number of thiazole rings is 1. The summed E-state index contributed by atoms with van der Waals surface area (Å²) in [4.78, 5) is 4.49. The zero-order valence-electron chi connectivity index (χ0n) is 10.9. The van der Waals surface area contributed by atoms with Crippen LogP contribution < -0.4 is 5.32 Å². The maximum absolute atomic E-state index is 4.49. The molecule has 1 heterocycles. The van der Waals surface area contributed by atoms with E-state index in [-0.39, 0.29) is 0 Å². The Kier molecular flexibility index (Phi) is 4.90. The van der Waals surface area contributed by atoms with Crippen LogP contribution in [0, 0.1) is 5.92 Å².